The summed E-state index contributed by atoms with van der Waals surface area (Å²) in [7, 11) is -3.71. The molecule has 2 N–H and O–H groups in total. The van der Waals surface area contributed by atoms with Crippen molar-refractivity contribution in [3.63, 3.8) is 0 Å². The number of aryl methyl sites for hydroxylation is 2. The molecule has 9 heteroatoms. The molecule has 0 unspecified atom stereocenters. The zero-order chi connectivity index (χ0) is 16.0. The van der Waals surface area contributed by atoms with Gasteiger partial charge in [0, 0.05) is 25.9 Å². The number of aromatic nitrogens is 1. The lowest BCUT2D eigenvalue weighted by Crippen LogP contribution is -2.35. The molecule has 1 aromatic rings. The van der Waals surface area contributed by atoms with Crippen molar-refractivity contribution >= 4 is 21.7 Å². The first-order chi connectivity index (χ1) is 9.74. The van der Waals surface area contributed by atoms with E-state index >= 15 is 0 Å². The summed E-state index contributed by atoms with van der Waals surface area (Å²) in [5.74, 6) is -0.142. The molecule has 21 heavy (non-hydrogen) atoms. The molecule has 1 amide bonds. The van der Waals surface area contributed by atoms with Crippen molar-refractivity contribution < 1.29 is 22.5 Å². The monoisotopic (exact) mass is 317 g/mol. The number of Topliss-reactive ketones (excluding diaryl/α,β-unsaturated/α-hetero) is 1. The van der Waals surface area contributed by atoms with E-state index in [1.165, 1.54) is 20.8 Å². The summed E-state index contributed by atoms with van der Waals surface area (Å²) in [4.78, 5) is 22.1. The van der Waals surface area contributed by atoms with E-state index in [0.717, 1.165) is 0 Å². The topological polar surface area (TPSA) is 118 Å². The van der Waals surface area contributed by atoms with Crippen molar-refractivity contribution in [2.24, 2.45) is 0 Å². The molecule has 118 valence electrons. The minimum Gasteiger partial charge on any atom is -0.360 e. The third-order valence-corrected chi connectivity index (χ3v) is 4.38. The molecule has 0 aliphatic rings. The van der Waals surface area contributed by atoms with Crippen LogP contribution in [0, 0.1) is 13.8 Å². The molecular weight excluding hydrogens is 298 g/mol. The molecule has 1 aromatic heterocycles. The van der Waals surface area contributed by atoms with Gasteiger partial charge in [-0.05, 0) is 20.8 Å². The standard InChI is InChI=1S/C12H19N3O5S/c1-8(16)4-5-11(17)13-6-7-14-21(18,19)12-9(2)15-20-10(12)3/h14H,4-7H2,1-3H3,(H,13,17). The third-order valence-electron chi connectivity index (χ3n) is 2.68. The molecule has 0 radical (unpaired) electrons. The first kappa shape index (κ1) is 17.3. The van der Waals surface area contributed by atoms with Crippen LogP contribution >= 0.6 is 0 Å². The summed E-state index contributed by atoms with van der Waals surface area (Å²) in [5, 5.41) is 6.11. The number of ketones is 1. The highest BCUT2D eigenvalue weighted by Crippen LogP contribution is 2.17. The van der Waals surface area contributed by atoms with Crippen molar-refractivity contribution in [1.29, 1.82) is 0 Å². The Kier molecular flexibility index (Phi) is 6.03. The summed E-state index contributed by atoms with van der Waals surface area (Å²) in [6.45, 7) is 4.63. The van der Waals surface area contributed by atoms with Crippen molar-refractivity contribution in [3.05, 3.63) is 11.5 Å². The first-order valence-electron chi connectivity index (χ1n) is 6.42. The number of sulfonamides is 1. The van der Waals surface area contributed by atoms with Gasteiger partial charge < -0.3 is 14.6 Å². The smallest absolute Gasteiger partial charge is 0.246 e. The Labute approximate surface area is 123 Å². The van der Waals surface area contributed by atoms with Gasteiger partial charge in [0.2, 0.25) is 15.9 Å². The number of carbonyl (C=O) groups is 2. The van der Waals surface area contributed by atoms with Crippen LogP contribution in [0.2, 0.25) is 0 Å². The van der Waals surface area contributed by atoms with E-state index in [1.54, 1.807) is 0 Å². The van der Waals surface area contributed by atoms with Gasteiger partial charge in [0.15, 0.2) is 5.76 Å². The highest BCUT2D eigenvalue weighted by molar-refractivity contribution is 7.89. The molecular formula is C12H19N3O5S. The predicted molar refractivity (Wildman–Crippen MR) is 74.1 cm³/mol. The van der Waals surface area contributed by atoms with E-state index in [2.05, 4.69) is 15.2 Å². The average Bonchev–Trinajstić information content (AvgIpc) is 2.72. The highest BCUT2D eigenvalue weighted by atomic mass is 32.2. The molecule has 0 fully saturated rings. The zero-order valence-corrected chi connectivity index (χ0v) is 13.0. The lowest BCUT2D eigenvalue weighted by atomic mass is 10.2. The minimum atomic E-state index is -3.71. The van der Waals surface area contributed by atoms with Crippen LogP contribution in [-0.2, 0) is 19.6 Å². The normalized spacial score (nSPS) is 11.4. The Bertz CT molecular complexity index is 601. The maximum Gasteiger partial charge on any atom is 0.246 e. The molecule has 1 rings (SSSR count). The average molecular weight is 317 g/mol. The molecule has 0 aliphatic heterocycles. The number of carbonyl (C=O) groups excluding carboxylic acids is 2. The Morgan fingerprint density at radius 1 is 1.19 bits per heavy atom. The SMILES string of the molecule is CC(=O)CCC(=O)NCCNS(=O)(=O)c1c(C)noc1C. The van der Waals surface area contributed by atoms with E-state index in [-0.39, 0.29) is 54.0 Å². The Morgan fingerprint density at radius 3 is 2.38 bits per heavy atom. The van der Waals surface area contributed by atoms with Crippen LogP contribution in [0.15, 0.2) is 9.42 Å². The molecule has 0 spiro atoms. The predicted octanol–water partition coefficient (Wildman–Crippen LogP) is 0.0551. The lowest BCUT2D eigenvalue weighted by molar-refractivity contribution is -0.124. The van der Waals surface area contributed by atoms with Crippen molar-refractivity contribution in [1.82, 2.24) is 15.2 Å². The number of nitrogens with one attached hydrogen (secondary N) is 2. The van der Waals surface area contributed by atoms with Crippen molar-refractivity contribution in [2.45, 2.75) is 38.5 Å². The van der Waals surface area contributed by atoms with Gasteiger partial charge in [-0.25, -0.2) is 13.1 Å². The Hall–Kier alpha value is -1.74. The summed E-state index contributed by atoms with van der Waals surface area (Å²) < 4.78 is 31.2. The van der Waals surface area contributed by atoms with Crippen LogP contribution in [0.4, 0.5) is 0 Å². The number of amides is 1. The first-order valence-corrected chi connectivity index (χ1v) is 7.91. The van der Waals surface area contributed by atoms with Crippen LogP contribution in [-0.4, -0.2) is 38.4 Å². The van der Waals surface area contributed by atoms with E-state index in [0.29, 0.717) is 0 Å². The van der Waals surface area contributed by atoms with E-state index in [4.69, 9.17) is 4.52 Å². The van der Waals surface area contributed by atoms with Crippen LogP contribution in [0.3, 0.4) is 0 Å². The molecule has 0 aliphatic carbocycles. The number of hydrogen-bond donors (Lipinski definition) is 2. The fourth-order valence-corrected chi connectivity index (χ4v) is 3.05. The Balaban J connectivity index is 2.42. The van der Waals surface area contributed by atoms with Gasteiger partial charge in [0.25, 0.3) is 0 Å². The Morgan fingerprint density at radius 2 is 1.86 bits per heavy atom. The second-order valence-electron chi connectivity index (χ2n) is 4.60. The second kappa shape index (κ2) is 7.32. The summed E-state index contributed by atoms with van der Waals surface area (Å²) in [5.41, 5.74) is 0.283. The van der Waals surface area contributed by atoms with E-state index in [1.807, 2.05) is 0 Å². The molecule has 1 heterocycles. The van der Waals surface area contributed by atoms with Crippen molar-refractivity contribution in [3.8, 4) is 0 Å². The van der Waals surface area contributed by atoms with E-state index in [9.17, 15) is 18.0 Å². The molecule has 0 saturated heterocycles. The summed E-state index contributed by atoms with van der Waals surface area (Å²) >= 11 is 0. The van der Waals surface area contributed by atoms with Gasteiger partial charge in [-0.1, -0.05) is 5.16 Å². The molecule has 0 atom stereocenters. The quantitative estimate of drug-likeness (QED) is 0.654. The molecule has 8 nitrogen and oxygen atoms in total. The second-order valence-corrected chi connectivity index (χ2v) is 6.31. The minimum absolute atomic E-state index is 0.0189. The van der Waals surface area contributed by atoms with Gasteiger partial charge in [-0.15, -0.1) is 0 Å². The van der Waals surface area contributed by atoms with Crippen LogP contribution in [0.5, 0.6) is 0 Å². The van der Waals surface area contributed by atoms with Gasteiger partial charge in [0.05, 0.1) is 0 Å². The van der Waals surface area contributed by atoms with Crippen molar-refractivity contribution in [2.75, 3.05) is 13.1 Å². The number of hydrogen-bond acceptors (Lipinski definition) is 6. The fraction of sp³-hybridized carbons (Fsp3) is 0.583. The maximum absolute atomic E-state index is 12.0. The lowest BCUT2D eigenvalue weighted by Gasteiger charge is -2.07. The molecule has 0 bridgehead atoms. The summed E-state index contributed by atoms with van der Waals surface area (Å²) in [6.07, 6.45) is 0.280. The van der Waals surface area contributed by atoms with Crippen LogP contribution in [0.25, 0.3) is 0 Å². The third kappa shape index (κ3) is 5.27. The van der Waals surface area contributed by atoms with Crippen LogP contribution in [0.1, 0.15) is 31.2 Å². The molecule has 0 saturated carbocycles. The largest absolute Gasteiger partial charge is 0.360 e. The fourth-order valence-electron chi connectivity index (χ4n) is 1.70. The van der Waals surface area contributed by atoms with Gasteiger partial charge >= 0.3 is 0 Å². The summed E-state index contributed by atoms with van der Waals surface area (Å²) in [6, 6.07) is 0. The maximum atomic E-state index is 12.0. The van der Waals surface area contributed by atoms with Gasteiger partial charge in [-0.2, -0.15) is 0 Å². The highest BCUT2D eigenvalue weighted by Gasteiger charge is 2.23. The van der Waals surface area contributed by atoms with Gasteiger partial charge in [0.1, 0.15) is 16.4 Å². The van der Waals surface area contributed by atoms with E-state index < -0.39 is 10.0 Å². The number of rotatable bonds is 8. The number of nitrogens with zero attached hydrogens (tertiary/aromatic N) is 1. The van der Waals surface area contributed by atoms with Crippen LogP contribution < -0.4 is 10.0 Å². The zero-order valence-electron chi connectivity index (χ0n) is 12.2. The van der Waals surface area contributed by atoms with Gasteiger partial charge in [-0.3, -0.25) is 4.79 Å². The molecule has 0 aromatic carbocycles.